The molecule has 0 aliphatic carbocycles. The number of nitrogens with two attached hydrogens (primary N) is 1. The molecular formula is C18H24N6O4S. The fourth-order valence-electron chi connectivity index (χ4n) is 3.02. The van der Waals surface area contributed by atoms with Crippen molar-refractivity contribution in [2.45, 2.75) is 38.0 Å². The summed E-state index contributed by atoms with van der Waals surface area (Å²) < 4.78 is 31.4. The van der Waals surface area contributed by atoms with Gasteiger partial charge in [0, 0.05) is 12.5 Å². The van der Waals surface area contributed by atoms with Crippen molar-refractivity contribution in [3.05, 3.63) is 34.2 Å². The highest BCUT2D eigenvalue weighted by Gasteiger charge is 2.26. The Morgan fingerprint density at radius 3 is 2.59 bits per heavy atom. The first-order chi connectivity index (χ1) is 13.5. The smallest absolute Gasteiger partial charge is 0.277 e. The highest BCUT2D eigenvalue weighted by atomic mass is 32.2. The molecule has 4 N–H and O–H groups in total. The van der Waals surface area contributed by atoms with E-state index in [1.807, 2.05) is 20.8 Å². The molecule has 0 aliphatic rings. The zero-order valence-corrected chi connectivity index (χ0v) is 17.7. The van der Waals surface area contributed by atoms with Crippen LogP contribution in [0.3, 0.4) is 0 Å². The number of hydrogen-bond donors (Lipinski definition) is 3. The quantitative estimate of drug-likeness (QED) is 0.415. The summed E-state index contributed by atoms with van der Waals surface area (Å²) in [6, 6.07) is 4.23. The third-order valence-corrected chi connectivity index (χ3v) is 5.56. The van der Waals surface area contributed by atoms with E-state index in [0.717, 1.165) is 0 Å². The van der Waals surface area contributed by atoms with Crippen LogP contribution in [-0.2, 0) is 22.5 Å². The number of fused-ring (bicyclic) bond motifs is 1. The van der Waals surface area contributed by atoms with Gasteiger partial charge in [-0.2, -0.15) is 9.93 Å². The Morgan fingerprint density at radius 2 is 2.00 bits per heavy atom. The number of nitrogens with zero attached hydrogens (tertiary/aromatic N) is 3. The average molecular weight is 420 g/mol. The van der Waals surface area contributed by atoms with Crippen molar-refractivity contribution in [1.29, 1.82) is 0 Å². The lowest BCUT2D eigenvalue weighted by Gasteiger charge is -2.15. The number of hydrogen-bond acceptors (Lipinski definition) is 7. The van der Waals surface area contributed by atoms with Crippen LogP contribution < -0.4 is 21.0 Å². The SMILES string of the molecule is CCOc1ccc(S(=O)(=O)NN)cc1-c1nc2c(C(C)(C)C)nn(C)c2c(=O)[nH]1. The molecule has 0 unspecified atom stereocenters. The predicted octanol–water partition coefficient (Wildman–Crippen LogP) is 1.17. The standard InChI is InChI=1S/C18H24N6O4S/c1-6-28-12-8-7-10(29(26,27)23-19)9-11(12)16-20-13-14(17(25)21-16)24(5)22-15(13)18(2,3)4/h7-9,23H,6,19H2,1-5H3,(H,20,21,25). The maximum Gasteiger partial charge on any atom is 0.277 e. The van der Waals surface area contributed by atoms with Crippen LogP contribution in [0, 0.1) is 0 Å². The van der Waals surface area contributed by atoms with Crippen molar-refractivity contribution < 1.29 is 13.2 Å². The Bertz CT molecular complexity index is 1240. The number of aromatic nitrogens is 4. The molecule has 0 aliphatic heterocycles. The van der Waals surface area contributed by atoms with Gasteiger partial charge in [0.15, 0.2) is 5.52 Å². The topological polar surface area (TPSA) is 145 Å². The Hall–Kier alpha value is -2.76. The normalized spacial score (nSPS) is 12.5. The number of sulfonamides is 1. The molecule has 0 bridgehead atoms. The first-order valence-corrected chi connectivity index (χ1v) is 10.4. The van der Waals surface area contributed by atoms with E-state index in [0.29, 0.717) is 34.6 Å². The molecule has 0 fully saturated rings. The van der Waals surface area contributed by atoms with Crippen LogP contribution in [0.1, 0.15) is 33.4 Å². The molecule has 10 nitrogen and oxygen atoms in total. The van der Waals surface area contributed by atoms with E-state index >= 15 is 0 Å². The Labute approximate surface area is 168 Å². The summed E-state index contributed by atoms with van der Waals surface area (Å²) in [6.45, 7) is 8.07. The van der Waals surface area contributed by atoms with Crippen LogP contribution in [0.4, 0.5) is 0 Å². The fourth-order valence-corrected chi connectivity index (χ4v) is 3.68. The molecule has 29 heavy (non-hydrogen) atoms. The Morgan fingerprint density at radius 1 is 1.31 bits per heavy atom. The predicted molar refractivity (Wildman–Crippen MR) is 109 cm³/mol. The fraction of sp³-hybridized carbons (Fsp3) is 0.389. The summed E-state index contributed by atoms with van der Waals surface area (Å²) in [5.41, 5.74) is 1.03. The molecule has 0 spiro atoms. The molecule has 156 valence electrons. The van der Waals surface area contributed by atoms with Gasteiger partial charge in [0.1, 0.15) is 17.1 Å². The zero-order valence-electron chi connectivity index (χ0n) is 16.9. The van der Waals surface area contributed by atoms with Crippen LogP contribution in [0.5, 0.6) is 5.75 Å². The number of ether oxygens (including phenoxy) is 1. The van der Waals surface area contributed by atoms with Crippen LogP contribution in [-0.4, -0.2) is 34.8 Å². The minimum absolute atomic E-state index is 0.0802. The number of hydrazine groups is 1. The van der Waals surface area contributed by atoms with E-state index in [4.69, 9.17) is 10.6 Å². The van der Waals surface area contributed by atoms with Gasteiger partial charge < -0.3 is 9.72 Å². The summed E-state index contributed by atoms with van der Waals surface area (Å²) in [7, 11) is -2.22. The molecule has 11 heteroatoms. The van der Waals surface area contributed by atoms with Gasteiger partial charge in [-0.25, -0.2) is 13.4 Å². The van der Waals surface area contributed by atoms with Crippen molar-refractivity contribution in [2.24, 2.45) is 12.9 Å². The largest absolute Gasteiger partial charge is 0.493 e. The molecule has 3 rings (SSSR count). The summed E-state index contributed by atoms with van der Waals surface area (Å²) >= 11 is 0. The van der Waals surface area contributed by atoms with Crippen molar-refractivity contribution in [3.63, 3.8) is 0 Å². The molecule has 0 saturated carbocycles. The zero-order chi connectivity index (χ0) is 21.6. The molecule has 1 aromatic carbocycles. The van der Waals surface area contributed by atoms with Gasteiger partial charge in [-0.3, -0.25) is 15.3 Å². The molecule has 0 atom stereocenters. The maximum atomic E-state index is 12.8. The van der Waals surface area contributed by atoms with Crippen molar-refractivity contribution in [3.8, 4) is 17.1 Å². The molecular weight excluding hydrogens is 396 g/mol. The second kappa shape index (κ2) is 7.25. The number of aryl methyl sites for hydroxylation is 1. The van der Waals surface area contributed by atoms with Gasteiger partial charge in [-0.15, -0.1) is 0 Å². The average Bonchev–Trinajstić information content (AvgIpc) is 2.99. The lowest BCUT2D eigenvalue weighted by molar-refractivity contribution is 0.341. The van der Waals surface area contributed by atoms with Crippen LogP contribution in [0.25, 0.3) is 22.4 Å². The highest BCUT2D eigenvalue weighted by Crippen LogP contribution is 2.32. The van der Waals surface area contributed by atoms with Gasteiger partial charge in [0.25, 0.3) is 15.6 Å². The van der Waals surface area contributed by atoms with E-state index in [2.05, 4.69) is 15.1 Å². The lowest BCUT2D eigenvalue weighted by atomic mass is 9.91. The molecule has 0 saturated heterocycles. The summed E-state index contributed by atoms with van der Waals surface area (Å²) in [5.74, 6) is 5.70. The van der Waals surface area contributed by atoms with Gasteiger partial charge >= 0.3 is 0 Å². The molecule has 3 aromatic rings. The van der Waals surface area contributed by atoms with Crippen molar-refractivity contribution >= 4 is 21.1 Å². The van der Waals surface area contributed by atoms with E-state index in [1.54, 1.807) is 18.8 Å². The first-order valence-electron chi connectivity index (χ1n) is 8.96. The van der Waals surface area contributed by atoms with Crippen molar-refractivity contribution in [2.75, 3.05) is 6.61 Å². The highest BCUT2D eigenvalue weighted by molar-refractivity contribution is 7.89. The first kappa shape index (κ1) is 21.0. The van der Waals surface area contributed by atoms with Crippen LogP contribution in [0.2, 0.25) is 0 Å². The van der Waals surface area contributed by atoms with Gasteiger partial charge in [0.05, 0.1) is 22.8 Å². The second-order valence-corrected chi connectivity index (χ2v) is 9.26. The minimum Gasteiger partial charge on any atom is -0.493 e. The monoisotopic (exact) mass is 420 g/mol. The van der Waals surface area contributed by atoms with Gasteiger partial charge in [-0.1, -0.05) is 20.8 Å². The van der Waals surface area contributed by atoms with Gasteiger partial charge in [-0.05, 0) is 25.1 Å². The number of aromatic amines is 1. The van der Waals surface area contributed by atoms with E-state index in [9.17, 15) is 13.2 Å². The Balaban J connectivity index is 2.35. The lowest BCUT2D eigenvalue weighted by Crippen LogP contribution is -2.30. The number of benzene rings is 1. The Kier molecular flexibility index (Phi) is 5.24. The molecule has 0 radical (unpaired) electrons. The van der Waals surface area contributed by atoms with Gasteiger partial charge in [0.2, 0.25) is 0 Å². The second-order valence-electron chi connectivity index (χ2n) is 7.55. The third-order valence-electron chi connectivity index (χ3n) is 4.37. The summed E-state index contributed by atoms with van der Waals surface area (Å²) in [4.78, 5) is 21.8. The number of H-pyrrole nitrogens is 1. The summed E-state index contributed by atoms with van der Waals surface area (Å²) in [6.07, 6.45) is 0. The van der Waals surface area contributed by atoms with E-state index in [-0.39, 0.29) is 21.7 Å². The number of nitrogens with one attached hydrogen (secondary N) is 2. The van der Waals surface area contributed by atoms with Crippen LogP contribution >= 0.6 is 0 Å². The van der Waals surface area contributed by atoms with Crippen molar-refractivity contribution in [1.82, 2.24) is 24.6 Å². The molecule has 2 heterocycles. The minimum atomic E-state index is -3.90. The third kappa shape index (κ3) is 3.76. The summed E-state index contributed by atoms with van der Waals surface area (Å²) in [5, 5.41) is 4.47. The molecule has 2 aromatic heterocycles. The molecule has 0 amide bonds. The van der Waals surface area contributed by atoms with E-state index in [1.165, 1.54) is 22.9 Å². The van der Waals surface area contributed by atoms with E-state index < -0.39 is 10.0 Å². The number of rotatable bonds is 5. The maximum absolute atomic E-state index is 12.8. The van der Waals surface area contributed by atoms with Crippen LogP contribution in [0.15, 0.2) is 27.9 Å².